The van der Waals surface area contributed by atoms with E-state index in [1.165, 1.54) is 7.11 Å². The van der Waals surface area contributed by atoms with Gasteiger partial charge in [-0.25, -0.2) is 0 Å². The molecule has 0 aliphatic carbocycles. The number of carbonyl (C=O) groups is 1. The Labute approximate surface area is 118 Å². The first-order chi connectivity index (χ1) is 9.71. The quantitative estimate of drug-likeness (QED) is 0.673. The van der Waals surface area contributed by atoms with Crippen molar-refractivity contribution in [3.8, 4) is 11.8 Å². The normalized spacial score (nSPS) is 9.85. The van der Waals surface area contributed by atoms with Gasteiger partial charge in [0.05, 0.1) is 25.8 Å². The van der Waals surface area contributed by atoms with Gasteiger partial charge in [-0.15, -0.1) is 0 Å². The molecule has 0 saturated heterocycles. The molecule has 108 valence electrons. The summed E-state index contributed by atoms with van der Waals surface area (Å²) in [6.45, 7) is 1.72. The lowest BCUT2D eigenvalue weighted by atomic mass is 10.1. The second-order valence-corrected chi connectivity index (χ2v) is 4.09. The van der Waals surface area contributed by atoms with E-state index in [9.17, 15) is 4.79 Å². The largest absolute Gasteiger partial charge is 0.495 e. The molecule has 1 amide bonds. The molecular formula is C14H19N3O3. The zero-order valence-corrected chi connectivity index (χ0v) is 11.7. The molecule has 0 atom stereocenters. The van der Waals surface area contributed by atoms with Gasteiger partial charge in [0, 0.05) is 20.2 Å². The van der Waals surface area contributed by atoms with Crippen LogP contribution in [0.4, 0.5) is 0 Å². The van der Waals surface area contributed by atoms with Crippen LogP contribution in [0.15, 0.2) is 18.2 Å². The van der Waals surface area contributed by atoms with Crippen molar-refractivity contribution in [2.75, 3.05) is 33.9 Å². The van der Waals surface area contributed by atoms with E-state index in [1.807, 2.05) is 6.07 Å². The van der Waals surface area contributed by atoms with Crippen LogP contribution in [0.3, 0.4) is 0 Å². The van der Waals surface area contributed by atoms with Crippen LogP contribution in [-0.2, 0) is 16.1 Å². The molecule has 6 nitrogen and oxygen atoms in total. The van der Waals surface area contributed by atoms with E-state index in [4.69, 9.17) is 14.7 Å². The van der Waals surface area contributed by atoms with E-state index >= 15 is 0 Å². The van der Waals surface area contributed by atoms with Crippen molar-refractivity contribution in [1.82, 2.24) is 10.6 Å². The standard InChI is InChI=1S/C14H19N3O3/c1-19-6-5-17-14(18)10-16-9-11-3-4-13(20-2)12(7-11)8-15/h3-4,7,16H,5-6,9-10H2,1-2H3,(H,17,18). The Balaban J connectivity index is 2.39. The number of nitrogens with zero attached hydrogens (tertiary/aromatic N) is 1. The summed E-state index contributed by atoms with van der Waals surface area (Å²) in [7, 11) is 3.11. The molecule has 0 aromatic heterocycles. The highest BCUT2D eigenvalue weighted by Gasteiger charge is 2.04. The summed E-state index contributed by atoms with van der Waals surface area (Å²) in [5.74, 6) is 0.463. The average molecular weight is 277 g/mol. The summed E-state index contributed by atoms with van der Waals surface area (Å²) < 4.78 is 9.91. The molecule has 0 spiro atoms. The lowest BCUT2D eigenvalue weighted by Crippen LogP contribution is -2.35. The second kappa shape index (κ2) is 8.91. The maximum absolute atomic E-state index is 11.4. The van der Waals surface area contributed by atoms with Crippen molar-refractivity contribution < 1.29 is 14.3 Å². The number of benzene rings is 1. The summed E-state index contributed by atoms with van der Waals surface area (Å²) in [5.41, 5.74) is 1.41. The zero-order chi connectivity index (χ0) is 14.8. The van der Waals surface area contributed by atoms with Gasteiger partial charge in [-0.2, -0.15) is 5.26 Å². The van der Waals surface area contributed by atoms with Crippen LogP contribution in [-0.4, -0.2) is 39.8 Å². The Hall–Kier alpha value is -2.10. The molecule has 0 bridgehead atoms. The van der Waals surface area contributed by atoms with Gasteiger partial charge in [0.15, 0.2) is 0 Å². The molecule has 0 saturated carbocycles. The van der Waals surface area contributed by atoms with Crippen LogP contribution in [0.5, 0.6) is 5.75 Å². The number of ether oxygens (including phenoxy) is 2. The van der Waals surface area contributed by atoms with Crippen LogP contribution in [0.1, 0.15) is 11.1 Å². The monoisotopic (exact) mass is 277 g/mol. The first kappa shape index (κ1) is 16.0. The summed E-state index contributed by atoms with van der Waals surface area (Å²) in [6, 6.07) is 7.42. The highest BCUT2D eigenvalue weighted by Crippen LogP contribution is 2.18. The van der Waals surface area contributed by atoms with Crippen molar-refractivity contribution in [1.29, 1.82) is 5.26 Å². The van der Waals surface area contributed by atoms with E-state index < -0.39 is 0 Å². The number of amides is 1. The Morgan fingerprint density at radius 2 is 2.20 bits per heavy atom. The van der Waals surface area contributed by atoms with Gasteiger partial charge in [0.1, 0.15) is 11.8 Å². The number of nitrogens with one attached hydrogen (secondary N) is 2. The van der Waals surface area contributed by atoms with Gasteiger partial charge in [0.25, 0.3) is 0 Å². The Bertz CT molecular complexity index is 483. The molecule has 0 aliphatic heterocycles. The molecule has 6 heteroatoms. The number of carbonyl (C=O) groups excluding carboxylic acids is 1. The molecule has 1 rings (SSSR count). The Kier molecular flexibility index (Phi) is 7.11. The van der Waals surface area contributed by atoms with Gasteiger partial charge in [0.2, 0.25) is 5.91 Å². The number of rotatable bonds is 8. The predicted octanol–water partition coefficient (Wildman–Crippen LogP) is 0.419. The van der Waals surface area contributed by atoms with Crippen molar-refractivity contribution >= 4 is 5.91 Å². The molecule has 0 radical (unpaired) electrons. The predicted molar refractivity (Wildman–Crippen MR) is 74.3 cm³/mol. The van der Waals surface area contributed by atoms with Crippen LogP contribution in [0, 0.1) is 11.3 Å². The minimum absolute atomic E-state index is 0.0870. The van der Waals surface area contributed by atoms with E-state index in [1.54, 1.807) is 19.2 Å². The number of nitriles is 1. The Morgan fingerprint density at radius 1 is 1.40 bits per heavy atom. The van der Waals surface area contributed by atoms with E-state index in [2.05, 4.69) is 16.7 Å². The third-order valence-corrected chi connectivity index (χ3v) is 2.63. The fraction of sp³-hybridized carbons (Fsp3) is 0.429. The molecule has 0 fully saturated rings. The van der Waals surface area contributed by atoms with Gasteiger partial charge < -0.3 is 20.1 Å². The van der Waals surface area contributed by atoms with Crippen molar-refractivity contribution in [2.24, 2.45) is 0 Å². The topological polar surface area (TPSA) is 83.4 Å². The van der Waals surface area contributed by atoms with Crippen LogP contribution in [0.2, 0.25) is 0 Å². The van der Waals surface area contributed by atoms with Gasteiger partial charge >= 0.3 is 0 Å². The van der Waals surface area contributed by atoms with E-state index in [-0.39, 0.29) is 12.5 Å². The first-order valence-electron chi connectivity index (χ1n) is 6.24. The molecule has 0 aliphatic rings. The molecule has 1 aromatic rings. The molecule has 20 heavy (non-hydrogen) atoms. The fourth-order valence-electron chi connectivity index (χ4n) is 1.63. The van der Waals surface area contributed by atoms with Gasteiger partial charge in [-0.3, -0.25) is 4.79 Å². The van der Waals surface area contributed by atoms with Gasteiger partial charge in [-0.1, -0.05) is 6.07 Å². The molecule has 0 unspecified atom stereocenters. The first-order valence-corrected chi connectivity index (χ1v) is 6.24. The van der Waals surface area contributed by atoms with Crippen molar-refractivity contribution in [2.45, 2.75) is 6.54 Å². The highest BCUT2D eigenvalue weighted by molar-refractivity contribution is 5.77. The molecule has 2 N–H and O–H groups in total. The lowest BCUT2D eigenvalue weighted by molar-refractivity contribution is -0.120. The molecule has 1 aromatic carbocycles. The highest BCUT2D eigenvalue weighted by atomic mass is 16.5. The van der Waals surface area contributed by atoms with Crippen LogP contribution < -0.4 is 15.4 Å². The SMILES string of the molecule is COCCNC(=O)CNCc1ccc(OC)c(C#N)c1. The summed E-state index contributed by atoms with van der Waals surface area (Å²) in [4.78, 5) is 11.4. The summed E-state index contributed by atoms with van der Waals surface area (Å²) >= 11 is 0. The maximum atomic E-state index is 11.4. The molecule has 0 heterocycles. The average Bonchev–Trinajstić information content (AvgIpc) is 2.47. The number of hydrogen-bond donors (Lipinski definition) is 2. The zero-order valence-electron chi connectivity index (χ0n) is 11.7. The minimum atomic E-state index is -0.0870. The Morgan fingerprint density at radius 3 is 2.85 bits per heavy atom. The maximum Gasteiger partial charge on any atom is 0.234 e. The summed E-state index contributed by atoms with van der Waals surface area (Å²) in [5, 5.41) is 14.7. The van der Waals surface area contributed by atoms with E-state index in [0.717, 1.165) is 5.56 Å². The lowest BCUT2D eigenvalue weighted by Gasteiger charge is -2.08. The third-order valence-electron chi connectivity index (χ3n) is 2.63. The van der Waals surface area contributed by atoms with E-state index in [0.29, 0.717) is 31.0 Å². The third kappa shape index (κ3) is 5.26. The van der Waals surface area contributed by atoms with Crippen LogP contribution >= 0.6 is 0 Å². The smallest absolute Gasteiger partial charge is 0.234 e. The molecular weight excluding hydrogens is 258 g/mol. The summed E-state index contributed by atoms with van der Waals surface area (Å²) in [6.07, 6.45) is 0. The number of methoxy groups -OCH3 is 2. The van der Waals surface area contributed by atoms with Gasteiger partial charge in [-0.05, 0) is 17.7 Å². The van der Waals surface area contributed by atoms with Crippen molar-refractivity contribution in [3.05, 3.63) is 29.3 Å². The van der Waals surface area contributed by atoms with Crippen molar-refractivity contribution in [3.63, 3.8) is 0 Å². The number of hydrogen-bond acceptors (Lipinski definition) is 5. The van der Waals surface area contributed by atoms with Crippen LogP contribution in [0.25, 0.3) is 0 Å². The fourth-order valence-corrected chi connectivity index (χ4v) is 1.63. The minimum Gasteiger partial charge on any atom is -0.495 e. The second-order valence-electron chi connectivity index (χ2n) is 4.09.